The molecular formula is C14H14N4O2S. The number of rotatable bonds is 2. The predicted octanol–water partition coefficient (Wildman–Crippen LogP) is 1.71. The van der Waals surface area contributed by atoms with E-state index in [1.54, 1.807) is 35.0 Å². The topological polar surface area (TPSA) is 90.9 Å². The van der Waals surface area contributed by atoms with E-state index in [4.69, 9.17) is 5.73 Å². The molecule has 0 fully saturated rings. The van der Waals surface area contributed by atoms with E-state index in [0.29, 0.717) is 17.1 Å². The molecule has 0 aliphatic rings. The van der Waals surface area contributed by atoms with Gasteiger partial charge < -0.3 is 5.73 Å². The first-order chi connectivity index (χ1) is 9.86. The van der Waals surface area contributed by atoms with Crippen molar-refractivity contribution in [3.05, 3.63) is 42.1 Å². The Morgan fingerprint density at radius 2 is 1.86 bits per heavy atom. The highest BCUT2D eigenvalue weighted by molar-refractivity contribution is 7.90. The second-order valence-electron chi connectivity index (χ2n) is 4.93. The Kier molecular flexibility index (Phi) is 2.94. The van der Waals surface area contributed by atoms with Crippen LogP contribution in [0.3, 0.4) is 0 Å². The van der Waals surface area contributed by atoms with Crippen LogP contribution in [0.15, 0.2) is 41.4 Å². The zero-order valence-electron chi connectivity index (χ0n) is 11.6. The molecule has 7 heteroatoms. The van der Waals surface area contributed by atoms with Gasteiger partial charge in [0.05, 0.1) is 10.6 Å². The van der Waals surface area contributed by atoms with Gasteiger partial charge >= 0.3 is 0 Å². The van der Waals surface area contributed by atoms with Crippen molar-refractivity contribution in [3.63, 3.8) is 0 Å². The molecule has 1 aromatic carbocycles. The molecule has 0 bridgehead atoms. The molecule has 0 saturated heterocycles. The summed E-state index contributed by atoms with van der Waals surface area (Å²) in [6, 6.07) is 8.37. The molecule has 0 atom stereocenters. The maximum atomic E-state index is 11.5. The largest absolute Gasteiger partial charge is 0.369 e. The Morgan fingerprint density at radius 3 is 2.48 bits per heavy atom. The van der Waals surface area contributed by atoms with E-state index in [-0.39, 0.29) is 4.90 Å². The molecule has 0 spiro atoms. The Hall–Kier alpha value is -2.41. The molecule has 0 aliphatic carbocycles. The molecule has 2 heterocycles. The van der Waals surface area contributed by atoms with Crippen LogP contribution in [0, 0.1) is 6.92 Å². The van der Waals surface area contributed by atoms with Crippen molar-refractivity contribution in [2.75, 3.05) is 12.0 Å². The molecule has 3 aromatic rings. The lowest BCUT2D eigenvalue weighted by atomic mass is 10.3. The maximum Gasteiger partial charge on any atom is 0.207 e. The number of hydrogen-bond acceptors (Lipinski definition) is 5. The van der Waals surface area contributed by atoms with Crippen molar-refractivity contribution in [2.24, 2.45) is 0 Å². The summed E-state index contributed by atoms with van der Waals surface area (Å²) in [6.07, 6.45) is 2.91. The summed E-state index contributed by atoms with van der Waals surface area (Å²) < 4.78 is 24.7. The van der Waals surface area contributed by atoms with Crippen molar-refractivity contribution < 1.29 is 8.42 Å². The molecule has 6 nitrogen and oxygen atoms in total. The number of hydrogen-bond donors (Lipinski definition) is 1. The number of aryl methyl sites for hydroxylation is 1. The smallest absolute Gasteiger partial charge is 0.207 e. The molecule has 108 valence electrons. The minimum absolute atomic E-state index is 0.262. The first-order valence-electron chi connectivity index (χ1n) is 6.27. The first-order valence-corrected chi connectivity index (χ1v) is 8.16. The van der Waals surface area contributed by atoms with Crippen LogP contribution in [0.2, 0.25) is 0 Å². The van der Waals surface area contributed by atoms with E-state index < -0.39 is 9.84 Å². The highest BCUT2D eigenvalue weighted by Crippen LogP contribution is 2.23. The average Bonchev–Trinajstić information content (AvgIpc) is 2.73. The number of imidazole rings is 1. The van der Waals surface area contributed by atoms with Crippen molar-refractivity contribution in [1.29, 1.82) is 0 Å². The summed E-state index contributed by atoms with van der Waals surface area (Å²) in [5, 5.41) is 0. The van der Waals surface area contributed by atoms with Gasteiger partial charge in [-0.25, -0.2) is 18.4 Å². The molecule has 0 radical (unpaired) electrons. The fraction of sp³-hybridized carbons (Fsp3) is 0.143. The number of nitrogen functional groups attached to an aromatic ring is 1. The second kappa shape index (κ2) is 4.56. The molecule has 3 rings (SSSR count). The molecule has 2 N–H and O–H groups in total. The van der Waals surface area contributed by atoms with E-state index in [9.17, 15) is 8.42 Å². The van der Waals surface area contributed by atoms with Gasteiger partial charge in [-0.1, -0.05) is 0 Å². The minimum Gasteiger partial charge on any atom is -0.369 e. The molecule has 0 unspecified atom stereocenters. The quantitative estimate of drug-likeness (QED) is 0.778. The van der Waals surface area contributed by atoms with Crippen molar-refractivity contribution >= 4 is 26.9 Å². The summed E-state index contributed by atoms with van der Waals surface area (Å²) in [5.74, 6) is 0.315. The van der Waals surface area contributed by atoms with Crippen LogP contribution in [0.4, 0.5) is 5.95 Å². The number of anilines is 1. The number of benzene rings is 1. The van der Waals surface area contributed by atoms with Gasteiger partial charge in [0.2, 0.25) is 5.95 Å². The molecule has 21 heavy (non-hydrogen) atoms. The number of nitrogens with two attached hydrogens (primary N) is 1. The summed E-state index contributed by atoms with van der Waals surface area (Å²) in [5.41, 5.74) is 9.03. The van der Waals surface area contributed by atoms with Crippen LogP contribution in [-0.2, 0) is 9.84 Å². The Balaban J connectivity index is 2.19. The van der Waals surface area contributed by atoms with Gasteiger partial charge in [0.25, 0.3) is 0 Å². The van der Waals surface area contributed by atoms with Crippen molar-refractivity contribution in [3.8, 4) is 5.69 Å². The first kappa shape index (κ1) is 13.6. The van der Waals surface area contributed by atoms with Crippen molar-refractivity contribution in [1.82, 2.24) is 14.5 Å². The maximum absolute atomic E-state index is 11.5. The van der Waals surface area contributed by atoms with Gasteiger partial charge in [0.1, 0.15) is 5.52 Å². The number of pyridine rings is 1. The van der Waals surface area contributed by atoms with E-state index in [1.165, 1.54) is 6.26 Å². The zero-order chi connectivity index (χ0) is 15.2. The standard InChI is InChI=1S/C14H14N4O2S/c1-9-7-12-13(16-8-9)18(14(15)17-12)10-3-5-11(6-4-10)21(2,19)20/h3-8H,1-2H3,(H2,15,17). The van der Waals surface area contributed by atoms with Gasteiger partial charge in [-0.15, -0.1) is 0 Å². The molecule has 0 saturated carbocycles. The normalized spacial score (nSPS) is 11.9. The van der Waals surface area contributed by atoms with Crippen LogP contribution in [0.5, 0.6) is 0 Å². The van der Waals surface area contributed by atoms with Crippen molar-refractivity contribution in [2.45, 2.75) is 11.8 Å². The van der Waals surface area contributed by atoms with E-state index in [2.05, 4.69) is 9.97 Å². The van der Waals surface area contributed by atoms with Gasteiger partial charge in [-0.2, -0.15) is 0 Å². The van der Waals surface area contributed by atoms with Gasteiger partial charge in [0, 0.05) is 12.5 Å². The second-order valence-corrected chi connectivity index (χ2v) is 6.94. The van der Waals surface area contributed by atoms with Crippen LogP contribution < -0.4 is 5.73 Å². The summed E-state index contributed by atoms with van der Waals surface area (Å²) in [7, 11) is -3.22. The highest BCUT2D eigenvalue weighted by Gasteiger charge is 2.13. The van der Waals surface area contributed by atoms with E-state index in [0.717, 1.165) is 11.3 Å². The number of nitrogens with zero attached hydrogens (tertiary/aromatic N) is 3. The summed E-state index contributed by atoms with van der Waals surface area (Å²) in [4.78, 5) is 8.89. The third-order valence-corrected chi connectivity index (χ3v) is 4.31. The van der Waals surface area contributed by atoms with Crippen LogP contribution >= 0.6 is 0 Å². The van der Waals surface area contributed by atoms with Crippen LogP contribution in [-0.4, -0.2) is 29.2 Å². The van der Waals surface area contributed by atoms with E-state index >= 15 is 0 Å². The minimum atomic E-state index is -3.22. The SMILES string of the molecule is Cc1cnc2c(c1)nc(N)n2-c1ccc(S(C)(=O)=O)cc1. The zero-order valence-corrected chi connectivity index (χ0v) is 12.4. The Morgan fingerprint density at radius 1 is 1.19 bits per heavy atom. The molecule has 0 amide bonds. The Labute approximate surface area is 122 Å². The average molecular weight is 302 g/mol. The number of fused-ring (bicyclic) bond motifs is 1. The van der Waals surface area contributed by atoms with Crippen LogP contribution in [0.25, 0.3) is 16.9 Å². The molecule has 0 aliphatic heterocycles. The summed E-state index contributed by atoms with van der Waals surface area (Å²) in [6.45, 7) is 1.93. The van der Waals surface area contributed by atoms with Gasteiger partial charge in [-0.3, -0.25) is 4.57 Å². The third kappa shape index (κ3) is 2.36. The predicted molar refractivity (Wildman–Crippen MR) is 81.1 cm³/mol. The molecular weight excluding hydrogens is 288 g/mol. The van der Waals surface area contributed by atoms with Gasteiger partial charge in [-0.05, 0) is 42.8 Å². The fourth-order valence-electron chi connectivity index (χ4n) is 2.18. The fourth-order valence-corrected chi connectivity index (χ4v) is 2.81. The highest BCUT2D eigenvalue weighted by atomic mass is 32.2. The van der Waals surface area contributed by atoms with Crippen LogP contribution in [0.1, 0.15) is 5.56 Å². The number of sulfone groups is 1. The van der Waals surface area contributed by atoms with Gasteiger partial charge in [0.15, 0.2) is 15.5 Å². The third-order valence-electron chi connectivity index (χ3n) is 3.18. The van der Waals surface area contributed by atoms with E-state index in [1.807, 2.05) is 13.0 Å². The lowest BCUT2D eigenvalue weighted by Gasteiger charge is -2.06. The Bertz CT molecular complexity index is 928. The monoisotopic (exact) mass is 302 g/mol. The lowest BCUT2D eigenvalue weighted by Crippen LogP contribution is -2.02. The molecule has 2 aromatic heterocycles. The summed E-state index contributed by atoms with van der Waals surface area (Å²) >= 11 is 0. The number of aromatic nitrogens is 3. The lowest BCUT2D eigenvalue weighted by molar-refractivity contribution is 0.602.